The van der Waals surface area contributed by atoms with E-state index in [4.69, 9.17) is 0 Å². The summed E-state index contributed by atoms with van der Waals surface area (Å²) in [6, 6.07) is 1.70. The second-order valence-corrected chi connectivity index (χ2v) is 7.83. The molecule has 0 aliphatic heterocycles. The Morgan fingerprint density at radius 2 is 2.00 bits per heavy atom. The van der Waals surface area contributed by atoms with Crippen LogP contribution in [0.4, 0.5) is 13.2 Å². The smallest absolute Gasteiger partial charge is 0.350 e. The molecule has 23 heavy (non-hydrogen) atoms. The standard InChI is InChI=1S/C16H20F3N3O/c17-16(18,19)14-5-10-3-11(6-14)8-15(7-10,9-14)21-13(23)4-12-1-2-20-22-12/h1-2,10-11H,3-9H2,(H,20,22)(H,21,23). The van der Waals surface area contributed by atoms with E-state index < -0.39 is 17.1 Å². The van der Waals surface area contributed by atoms with Gasteiger partial charge >= 0.3 is 6.18 Å². The monoisotopic (exact) mass is 327 g/mol. The van der Waals surface area contributed by atoms with Gasteiger partial charge in [0, 0.05) is 17.4 Å². The van der Waals surface area contributed by atoms with Crippen LogP contribution in [0.25, 0.3) is 0 Å². The second-order valence-electron chi connectivity index (χ2n) is 7.83. The third kappa shape index (κ3) is 2.44. The average molecular weight is 327 g/mol. The lowest BCUT2D eigenvalue weighted by molar-refractivity contribution is -0.278. The molecule has 2 N–H and O–H groups in total. The molecule has 7 heteroatoms. The lowest BCUT2D eigenvalue weighted by atomic mass is 9.46. The summed E-state index contributed by atoms with van der Waals surface area (Å²) in [4.78, 5) is 12.3. The second kappa shape index (κ2) is 4.74. The third-order valence-corrected chi connectivity index (χ3v) is 5.98. The molecule has 0 spiro atoms. The van der Waals surface area contributed by atoms with Crippen molar-refractivity contribution in [1.29, 1.82) is 0 Å². The van der Waals surface area contributed by atoms with Crippen molar-refractivity contribution < 1.29 is 18.0 Å². The Hall–Kier alpha value is -1.53. The minimum Gasteiger partial charge on any atom is -0.350 e. The Morgan fingerprint density at radius 1 is 1.30 bits per heavy atom. The number of carbonyl (C=O) groups is 1. The van der Waals surface area contributed by atoms with Crippen molar-refractivity contribution in [2.45, 2.75) is 56.7 Å². The minimum absolute atomic E-state index is 0.0468. The maximum Gasteiger partial charge on any atom is 0.394 e. The van der Waals surface area contributed by atoms with Crippen molar-refractivity contribution in [2.24, 2.45) is 17.3 Å². The zero-order valence-corrected chi connectivity index (χ0v) is 12.7. The van der Waals surface area contributed by atoms with E-state index in [-0.39, 0.29) is 43.4 Å². The van der Waals surface area contributed by atoms with Crippen LogP contribution in [0.5, 0.6) is 0 Å². The van der Waals surface area contributed by atoms with E-state index in [1.807, 2.05) is 0 Å². The lowest BCUT2D eigenvalue weighted by Crippen LogP contribution is -2.66. The van der Waals surface area contributed by atoms with E-state index in [2.05, 4.69) is 15.5 Å². The highest BCUT2D eigenvalue weighted by molar-refractivity contribution is 5.79. The zero-order chi connectivity index (χ0) is 16.3. The maximum absolute atomic E-state index is 13.7. The van der Waals surface area contributed by atoms with Crippen LogP contribution in [-0.2, 0) is 11.2 Å². The normalized spacial score (nSPS) is 38.7. The highest BCUT2D eigenvalue weighted by Crippen LogP contribution is 2.66. The fourth-order valence-electron chi connectivity index (χ4n) is 5.64. The van der Waals surface area contributed by atoms with Crippen molar-refractivity contribution in [2.75, 3.05) is 0 Å². The number of hydrogen-bond donors (Lipinski definition) is 2. The molecule has 0 saturated heterocycles. The zero-order valence-electron chi connectivity index (χ0n) is 12.7. The molecule has 4 aliphatic rings. The highest BCUT2D eigenvalue weighted by Gasteiger charge is 2.67. The van der Waals surface area contributed by atoms with Gasteiger partial charge in [-0.3, -0.25) is 9.89 Å². The molecule has 1 heterocycles. The number of alkyl halides is 3. The molecule has 126 valence electrons. The number of halogens is 3. The molecule has 4 fully saturated rings. The summed E-state index contributed by atoms with van der Waals surface area (Å²) in [5, 5.41) is 9.48. The number of amides is 1. The topological polar surface area (TPSA) is 57.8 Å². The Balaban J connectivity index is 1.55. The molecule has 0 radical (unpaired) electrons. The van der Waals surface area contributed by atoms with Crippen LogP contribution in [0.1, 0.15) is 44.2 Å². The lowest BCUT2D eigenvalue weighted by Gasteiger charge is -2.62. The number of aromatic nitrogens is 2. The molecular formula is C16H20F3N3O. The average Bonchev–Trinajstić information content (AvgIpc) is 2.87. The molecule has 2 atom stereocenters. The van der Waals surface area contributed by atoms with Gasteiger partial charge in [0.15, 0.2) is 0 Å². The van der Waals surface area contributed by atoms with Crippen molar-refractivity contribution in [1.82, 2.24) is 15.5 Å². The number of nitrogens with one attached hydrogen (secondary N) is 2. The summed E-state index contributed by atoms with van der Waals surface area (Å²) in [7, 11) is 0. The van der Waals surface area contributed by atoms with Crippen LogP contribution in [0.15, 0.2) is 12.3 Å². The van der Waals surface area contributed by atoms with Crippen molar-refractivity contribution in [3.05, 3.63) is 18.0 Å². The van der Waals surface area contributed by atoms with Crippen LogP contribution < -0.4 is 5.32 Å². The SMILES string of the molecule is O=C(Cc1ccn[nH]1)NC12CC3CC(C1)CC(C(F)(F)F)(C3)C2. The van der Waals surface area contributed by atoms with Gasteiger partial charge in [-0.15, -0.1) is 0 Å². The van der Waals surface area contributed by atoms with Gasteiger partial charge in [-0.2, -0.15) is 18.3 Å². The Morgan fingerprint density at radius 3 is 2.57 bits per heavy atom. The molecule has 5 rings (SSSR count). The van der Waals surface area contributed by atoms with Crippen molar-refractivity contribution >= 4 is 5.91 Å². The van der Waals surface area contributed by atoms with E-state index in [1.165, 1.54) is 0 Å². The van der Waals surface area contributed by atoms with Gasteiger partial charge in [0.05, 0.1) is 11.8 Å². The molecule has 4 saturated carbocycles. The maximum atomic E-state index is 13.7. The Kier molecular flexibility index (Phi) is 3.09. The molecule has 1 aromatic rings. The fraction of sp³-hybridized carbons (Fsp3) is 0.750. The first-order chi connectivity index (χ1) is 10.8. The summed E-state index contributed by atoms with van der Waals surface area (Å²) < 4.78 is 41.1. The predicted molar refractivity (Wildman–Crippen MR) is 76.3 cm³/mol. The molecule has 1 amide bonds. The summed E-state index contributed by atoms with van der Waals surface area (Å²) in [5.41, 5.74) is -1.58. The number of rotatable bonds is 3. The molecule has 2 unspecified atom stereocenters. The van der Waals surface area contributed by atoms with Crippen LogP contribution in [0.3, 0.4) is 0 Å². The van der Waals surface area contributed by atoms with Crippen molar-refractivity contribution in [3.63, 3.8) is 0 Å². The first kappa shape index (κ1) is 15.0. The quantitative estimate of drug-likeness (QED) is 0.897. The van der Waals surface area contributed by atoms with Gasteiger partial charge in [0.2, 0.25) is 5.91 Å². The first-order valence-electron chi connectivity index (χ1n) is 8.15. The van der Waals surface area contributed by atoms with Crippen LogP contribution in [0, 0.1) is 17.3 Å². The van der Waals surface area contributed by atoms with Gasteiger partial charge < -0.3 is 5.32 Å². The number of hydrogen-bond acceptors (Lipinski definition) is 2. The molecule has 1 aromatic heterocycles. The molecular weight excluding hydrogens is 307 g/mol. The molecule has 4 aliphatic carbocycles. The van der Waals surface area contributed by atoms with Crippen LogP contribution in [-0.4, -0.2) is 27.8 Å². The van der Waals surface area contributed by atoms with E-state index in [0.29, 0.717) is 18.5 Å². The summed E-state index contributed by atoms with van der Waals surface area (Å²) >= 11 is 0. The highest BCUT2D eigenvalue weighted by atomic mass is 19.4. The van der Waals surface area contributed by atoms with Gasteiger partial charge in [0.1, 0.15) is 0 Å². The van der Waals surface area contributed by atoms with E-state index in [1.54, 1.807) is 12.3 Å². The minimum atomic E-state index is -4.18. The number of H-pyrrole nitrogens is 1. The van der Waals surface area contributed by atoms with E-state index >= 15 is 0 Å². The number of aromatic amines is 1. The van der Waals surface area contributed by atoms with Crippen LogP contribution >= 0.6 is 0 Å². The summed E-state index contributed by atoms with van der Waals surface area (Å²) in [6.07, 6.45) is 0.315. The van der Waals surface area contributed by atoms with E-state index in [0.717, 1.165) is 6.42 Å². The van der Waals surface area contributed by atoms with Crippen molar-refractivity contribution in [3.8, 4) is 0 Å². The van der Waals surface area contributed by atoms with Crippen LogP contribution in [0.2, 0.25) is 0 Å². The third-order valence-electron chi connectivity index (χ3n) is 5.98. The largest absolute Gasteiger partial charge is 0.394 e. The van der Waals surface area contributed by atoms with E-state index in [9.17, 15) is 18.0 Å². The molecule has 0 aromatic carbocycles. The molecule has 4 bridgehead atoms. The number of nitrogens with zero attached hydrogens (tertiary/aromatic N) is 1. The van der Waals surface area contributed by atoms with Gasteiger partial charge in [-0.25, -0.2) is 0 Å². The predicted octanol–water partition coefficient (Wildman–Crippen LogP) is 2.97. The summed E-state index contributed by atoms with van der Waals surface area (Å²) in [6.45, 7) is 0. The van der Waals surface area contributed by atoms with Gasteiger partial charge in [0.25, 0.3) is 0 Å². The Labute approximate surface area is 132 Å². The first-order valence-corrected chi connectivity index (χ1v) is 8.15. The van der Waals surface area contributed by atoms with Gasteiger partial charge in [-0.1, -0.05) is 0 Å². The molecule has 4 nitrogen and oxygen atoms in total. The van der Waals surface area contributed by atoms with Gasteiger partial charge in [-0.05, 0) is 56.4 Å². The Bertz CT molecular complexity index is 597. The summed E-state index contributed by atoms with van der Waals surface area (Å²) in [5.74, 6) is -0.0378. The fourth-order valence-corrected chi connectivity index (χ4v) is 5.64. The number of carbonyl (C=O) groups excluding carboxylic acids is 1.